The first-order chi connectivity index (χ1) is 9.99. The van der Waals surface area contributed by atoms with E-state index in [1.54, 1.807) is 0 Å². The fraction of sp³-hybridized carbons (Fsp3) is 0.412. The van der Waals surface area contributed by atoms with E-state index in [9.17, 15) is 9.59 Å². The fourth-order valence-corrected chi connectivity index (χ4v) is 2.25. The van der Waals surface area contributed by atoms with Crippen LogP contribution in [0.25, 0.3) is 10.9 Å². The van der Waals surface area contributed by atoms with Crippen molar-refractivity contribution in [2.45, 2.75) is 46.1 Å². The number of amides is 1. The number of H-pyrrole nitrogens is 1. The maximum atomic E-state index is 12.0. The monoisotopic (exact) mass is 286 g/mol. The second kappa shape index (κ2) is 6.57. The number of carbonyl (C=O) groups is 1. The van der Waals surface area contributed by atoms with Gasteiger partial charge in [-0.2, -0.15) is 0 Å². The van der Waals surface area contributed by atoms with Crippen molar-refractivity contribution in [1.29, 1.82) is 0 Å². The lowest BCUT2D eigenvalue weighted by molar-refractivity contribution is -0.121. The van der Waals surface area contributed by atoms with E-state index in [-0.39, 0.29) is 17.5 Å². The normalized spacial score (nSPS) is 12.3. The van der Waals surface area contributed by atoms with Gasteiger partial charge in [-0.3, -0.25) is 9.59 Å². The lowest BCUT2D eigenvalue weighted by atomic mass is 10.1. The van der Waals surface area contributed by atoms with Gasteiger partial charge in [0.05, 0.1) is 0 Å². The molecule has 1 unspecified atom stereocenters. The van der Waals surface area contributed by atoms with Gasteiger partial charge in [-0.15, -0.1) is 0 Å². The minimum atomic E-state index is -0.109. The zero-order chi connectivity index (χ0) is 15.4. The standard InChI is InChI=1S/C17H22N2O2/c1-4-12(3)18-16(20)8-6-13-10-14-9-11(2)5-7-15(14)19-17(13)21/h5,7,9-10,12H,4,6,8H2,1-3H3,(H,18,20)(H,19,21). The molecule has 0 aliphatic carbocycles. The van der Waals surface area contributed by atoms with Gasteiger partial charge in [-0.05, 0) is 50.3 Å². The molecule has 2 aromatic rings. The first-order valence-corrected chi connectivity index (χ1v) is 7.41. The Labute approximate surface area is 124 Å². The molecule has 1 heterocycles. The molecular formula is C17H22N2O2. The zero-order valence-electron chi connectivity index (χ0n) is 12.8. The van der Waals surface area contributed by atoms with Crippen LogP contribution in [0.1, 0.15) is 37.8 Å². The highest BCUT2D eigenvalue weighted by Crippen LogP contribution is 2.13. The molecule has 0 radical (unpaired) electrons. The minimum absolute atomic E-state index is 0.00640. The molecule has 2 N–H and O–H groups in total. The highest BCUT2D eigenvalue weighted by Gasteiger charge is 2.08. The molecule has 0 aliphatic rings. The largest absolute Gasteiger partial charge is 0.354 e. The van der Waals surface area contributed by atoms with Crippen LogP contribution < -0.4 is 10.9 Å². The van der Waals surface area contributed by atoms with Gasteiger partial charge < -0.3 is 10.3 Å². The second-order valence-electron chi connectivity index (χ2n) is 5.59. The smallest absolute Gasteiger partial charge is 0.251 e. The first-order valence-electron chi connectivity index (χ1n) is 7.41. The predicted molar refractivity (Wildman–Crippen MR) is 85.5 cm³/mol. The van der Waals surface area contributed by atoms with Gasteiger partial charge in [-0.25, -0.2) is 0 Å². The average Bonchev–Trinajstić information content (AvgIpc) is 2.45. The SMILES string of the molecule is CCC(C)NC(=O)CCc1cc2cc(C)ccc2[nH]c1=O. The molecule has 1 amide bonds. The Bertz CT molecular complexity index is 703. The average molecular weight is 286 g/mol. The lowest BCUT2D eigenvalue weighted by Crippen LogP contribution is -2.32. The molecule has 4 nitrogen and oxygen atoms in total. The summed E-state index contributed by atoms with van der Waals surface area (Å²) in [5.41, 5.74) is 2.53. The van der Waals surface area contributed by atoms with Gasteiger partial charge in [-0.1, -0.05) is 18.6 Å². The molecular weight excluding hydrogens is 264 g/mol. The summed E-state index contributed by atoms with van der Waals surface area (Å²) in [6, 6.07) is 7.98. The molecule has 1 aromatic carbocycles. The van der Waals surface area contributed by atoms with E-state index in [1.807, 2.05) is 45.0 Å². The third kappa shape index (κ3) is 3.94. The molecule has 0 saturated carbocycles. The second-order valence-corrected chi connectivity index (χ2v) is 5.59. The minimum Gasteiger partial charge on any atom is -0.354 e. The molecule has 1 atom stereocenters. The van der Waals surface area contributed by atoms with Crippen molar-refractivity contribution in [1.82, 2.24) is 10.3 Å². The highest BCUT2D eigenvalue weighted by atomic mass is 16.1. The van der Waals surface area contributed by atoms with E-state index >= 15 is 0 Å². The number of benzene rings is 1. The Balaban J connectivity index is 2.13. The summed E-state index contributed by atoms with van der Waals surface area (Å²) >= 11 is 0. The summed E-state index contributed by atoms with van der Waals surface area (Å²) < 4.78 is 0. The van der Waals surface area contributed by atoms with Gasteiger partial charge in [0.2, 0.25) is 5.91 Å². The molecule has 21 heavy (non-hydrogen) atoms. The van der Waals surface area contributed by atoms with Crippen LogP contribution >= 0.6 is 0 Å². The molecule has 0 fully saturated rings. The van der Waals surface area contributed by atoms with Crippen LogP contribution in [-0.4, -0.2) is 16.9 Å². The van der Waals surface area contributed by atoms with Gasteiger partial charge >= 0.3 is 0 Å². The number of carbonyl (C=O) groups excluding carboxylic acids is 1. The van der Waals surface area contributed by atoms with Crippen LogP contribution in [0.15, 0.2) is 29.1 Å². The predicted octanol–water partition coefficient (Wildman–Crippen LogP) is 2.68. The number of fused-ring (bicyclic) bond motifs is 1. The van der Waals surface area contributed by atoms with Crippen molar-refractivity contribution in [2.75, 3.05) is 0 Å². The van der Waals surface area contributed by atoms with Crippen LogP contribution in [-0.2, 0) is 11.2 Å². The van der Waals surface area contributed by atoms with E-state index in [2.05, 4.69) is 10.3 Å². The number of nitrogens with one attached hydrogen (secondary N) is 2. The number of hydrogen-bond acceptors (Lipinski definition) is 2. The van der Waals surface area contributed by atoms with Crippen LogP contribution in [0.5, 0.6) is 0 Å². The van der Waals surface area contributed by atoms with Gasteiger partial charge in [0.1, 0.15) is 0 Å². The number of pyridine rings is 1. The quantitative estimate of drug-likeness (QED) is 0.887. The van der Waals surface area contributed by atoms with E-state index in [1.165, 1.54) is 0 Å². The van der Waals surface area contributed by atoms with Crippen LogP contribution in [0, 0.1) is 6.92 Å². The number of rotatable bonds is 5. The van der Waals surface area contributed by atoms with Crippen molar-refractivity contribution in [3.8, 4) is 0 Å². The summed E-state index contributed by atoms with van der Waals surface area (Å²) in [5.74, 6) is -0.00640. The molecule has 0 aliphatic heterocycles. The molecule has 0 spiro atoms. The fourth-order valence-electron chi connectivity index (χ4n) is 2.25. The van der Waals surface area contributed by atoms with Crippen molar-refractivity contribution in [3.05, 3.63) is 45.7 Å². The Morgan fingerprint density at radius 3 is 2.81 bits per heavy atom. The summed E-state index contributed by atoms with van der Waals surface area (Å²) in [6.07, 6.45) is 1.70. The van der Waals surface area contributed by atoms with Crippen molar-refractivity contribution >= 4 is 16.8 Å². The van der Waals surface area contributed by atoms with Gasteiger partial charge in [0, 0.05) is 23.5 Å². The Morgan fingerprint density at radius 1 is 1.33 bits per heavy atom. The Hall–Kier alpha value is -2.10. The first kappa shape index (κ1) is 15.3. The summed E-state index contributed by atoms with van der Waals surface area (Å²) in [7, 11) is 0. The maximum absolute atomic E-state index is 12.0. The molecule has 4 heteroatoms. The van der Waals surface area contributed by atoms with E-state index in [0.717, 1.165) is 22.9 Å². The Morgan fingerprint density at radius 2 is 2.10 bits per heavy atom. The number of aryl methyl sites for hydroxylation is 2. The topological polar surface area (TPSA) is 62.0 Å². The zero-order valence-corrected chi connectivity index (χ0v) is 12.8. The molecule has 1 aromatic heterocycles. The third-order valence-corrected chi connectivity index (χ3v) is 3.72. The summed E-state index contributed by atoms with van der Waals surface area (Å²) in [6.45, 7) is 6.02. The van der Waals surface area contributed by atoms with Crippen LogP contribution in [0.3, 0.4) is 0 Å². The van der Waals surface area contributed by atoms with Crippen LogP contribution in [0.2, 0.25) is 0 Å². The summed E-state index contributed by atoms with van der Waals surface area (Å²) in [4.78, 5) is 26.7. The van der Waals surface area contributed by atoms with E-state index in [4.69, 9.17) is 0 Å². The number of hydrogen-bond donors (Lipinski definition) is 2. The maximum Gasteiger partial charge on any atom is 0.251 e. The third-order valence-electron chi connectivity index (χ3n) is 3.72. The van der Waals surface area contributed by atoms with Crippen molar-refractivity contribution in [3.63, 3.8) is 0 Å². The highest BCUT2D eigenvalue weighted by molar-refractivity contribution is 5.80. The number of aromatic nitrogens is 1. The molecule has 2 rings (SSSR count). The molecule has 0 bridgehead atoms. The number of aromatic amines is 1. The van der Waals surface area contributed by atoms with Crippen molar-refractivity contribution < 1.29 is 4.79 Å². The van der Waals surface area contributed by atoms with Crippen molar-refractivity contribution in [2.24, 2.45) is 0 Å². The molecule has 112 valence electrons. The Kier molecular flexibility index (Phi) is 4.78. The van der Waals surface area contributed by atoms with E-state index < -0.39 is 0 Å². The van der Waals surface area contributed by atoms with Gasteiger partial charge in [0.15, 0.2) is 0 Å². The van der Waals surface area contributed by atoms with E-state index in [0.29, 0.717) is 18.4 Å². The van der Waals surface area contributed by atoms with Gasteiger partial charge in [0.25, 0.3) is 5.56 Å². The molecule has 0 saturated heterocycles. The summed E-state index contributed by atoms with van der Waals surface area (Å²) in [5, 5.41) is 3.92. The lowest BCUT2D eigenvalue weighted by Gasteiger charge is -2.11. The van der Waals surface area contributed by atoms with Crippen LogP contribution in [0.4, 0.5) is 0 Å².